The van der Waals surface area contributed by atoms with Crippen molar-refractivity contribution in [2.24, 2.45) is 10.4 Å². The van der Waals surface area contributed by atoms with Crippen LogP contribution in [0.3, 0.4) is 0 Å². The molecule has 1 aliphatic heterocycles. The van der Waals surface area contributed by atoms with Gasteiger partial charge in [-0.1, -0.05) is 19.8 Å². The number of hydrogen-bond acceptors (Lipinski definition) is 2. The van der Waals surface area contributed by atoms with Gasteiger partial charge in [0.15, 0.2) is 5.96 Å². The van der Waals surface area contributed by atoms with E-state index in [9.17, 15) is 8.78 Å². The maximum absolute atomic E-state index is 12.4. The molecule has 0 aromatic carbocycles. The third-order valence-corrected chi connectivity index (χ3v) is 5.10. The Morgan fingerprint density at radius 2 is 1.91 bits per heavy atom. The summed E-state index contributed by atoms with van der Waals surface area (Å²) in [6.45, 7) is 7.48. The highest BCUT2D eigenvalue weighted by molar-refractivity contribution is 5.80. The molecule has 0 bridgehead atoms. The lowest BCUT2D eigenvalue weighted by Crippen LogP contribution is -2.49. The van der Waals surface area contributed by atoms with Crippen LogP contribution in [0, 0.1) is 5.41 Å². The molecule has 1 aliphatic carbocycles. The smallest absolute Gasteiger partial charge is 0.251 e. The van der Waals surface area contributed by atoms with E-state index in [-0.39, 0.29) is 6.54 Å². The predicted octanol–water partition coefficient (Wildman–Crippen LogP) is 2.85. The topological polar surface area (TPSA) is 39.7 Å². The Morgan fingerprint density at radius 1 is 1.26 bits per heavy atom. The van der Waals surface area contributed by atoms with E-state index < -0.39 is 6.43 Å². The molecule has 4 nitrogen and oxygen atoms in total. The van der Waals surface area contributed by atoms with E-state index in [0.29, 0.717) is 11.5 Å². The van der Waals surface area contributed by atoms with Crippen LogP contribution in [0.15, 0.2) is 4.99 Å². The largest absolute Gasteiger partial charge is 0.357 e. The molecule has 1 saturated heterocycles. The Balaban J connectivity index is 1.80. The molecule has 0 aromatic rings. The third kappa shape index (κ3) is 6.24. The van der Waals surface area contributed by atoms with Gasteiger partial charge in [-0.3, -0.25) is 9.89 Å². The van der Waals surface area contributed by atoms with E-state index in [4.69, 9.17) is 4.99 Å². The molecule has 0 unspecified atom stereocenters. The monoisotopic (exact) mass is 330 g/mol. The zero-order chi connectivity index (χ0) is 16.7. The Morgan fingerprint density at radius 3 is 2.48 bits per heavy atom. The summed E-state index contributed by atoms with van der Waals surface area (Å²) in [7, 11) is 0. The fourth-order valence-electron chi connectivity index (χ4n) is 3.63. The molecule has 0 spiro atoms. The molecule has 2 fully saturated rings. The van der Waals surface area contributed by atoms with Crippen LogP contribution in [0.2, 0.25) is 0 Å². The van der Waals surface area contributed by atoms with E-state index >= 15 is 0 Å². The van der Waals surface area contributed by atoms with Crippen molar-refractivity contribution in [3.05, 3.63) is 0 Å². The van der Waals surface area contributed by atoms with Crippen molar-refractivity contribution in [3.8, 4) is 0 Å². The lowest BCUT2D eigenvalue weighted by Gasteiger charge is -2.33. The van der Waals surface area contributed by atoms with Crippen molar-refractivity contribution >= 4 is 5.96 Å². The first kappa shape index (κ1) is 18.4. The Hall–Kier alpha value is -0.910. The number of guanidine groups is 1. The lowest BCUT2D eigenvalue weighted by atomic mass is 9.89. The number of rotatable bonds is 6. The molecule has 0 radical (unpaired) electrons. The van der Waals surface area contributed by atoms with Gasteiger partial charge >= 0.3 is 0 Å². The van der Waals surface area contributed by atoms with Crippen LogP contribution in [0.4, 0.5) is 8.78 Å². The van der Waals surface area contributed by atoms with Crippen LogP contribution in [0.5, 0.6) is 0 Å². The second-order valence-corrected chi connectivity index (χ2v) is 7.32. The second kappa shape index (κ2) is 8.81. The SMILES string of the molecule is CCNC(=NCC1(C)CCCC1)NC1CCN(CC(F)F)CC1. The van der Waals surface area contributed by atoms with Crippen molar-refractivity contribution in [3.63, 3.8) is 0 Å². The summed E-state index contributed by atoms with van der Waals surface area (Å²) < 4.78 is 24.8. The van der Waals surface area contributed by atoms with Crippen molar-refractivity contribution in [2.45, 2.75) is 64.8 Å². The molecule has 23 heavy (non-hydrogen) atoms. The van der Waals surface area contributed by atoms with Gasteiger partial charge in [-0.25, -0.2) is 8.78 Å². The van der Waals surface area contributed by atoms with Gasteiger partial charge in [0.1, 0.15) is 0 Å². The molecule has 0 atom stereocenters. The zero-order valence-electron chi connectivity index (χ0n) is 14.6. The van der Waals surface area contributed by atoms with Crippen LogP contribution >= 0.6 is 0 Å². The van der Waals surface area contributed by atoms with Crippen molar-refractivity contribution in [1.29, 1.82) is 0 Å². The van der Waals surface area contributed by atoms with E-state index in [1.165, 1.54) is 25.7 Å². The van der Waals surface area contributed by atoms with Crippen LogP contribution in [0.25, 0.3) is 0 Å². The standard InChI is InChI=1S/C17H32F2N4/c1-3-20-16(21-13-17(2)8-4-5-9-17)22-14-6-10-23(11-7-14)12-15(18)19/h14-15H,3-13H2,1-2H3,(H2,20,21,22). The van der Waals surface area contributed by atoms with Crippen molar-refractivity contribution < 1.29 is 8.78 Å². The Kier molecular flexibility index (Phi) is 7.06. The molecule has 2 rings (SSSR count). The quantitative estimate of drug-likeness (QED) is 0.581. The first-order chi connectivity index (χ1) is 11.0. The predicted molar refractivity (Wildman–Crippen MR) is 91.2 cm³/mol. The van der Waals surface area contributed by atoms with Gasteiger partial charge in [0.05, 0.1) is 6.54 Å². The number of aliphatic imine (C=N–C) groups is 1. The number of halogens is 2. The maximum Gasteiger partial charge on any atom is 0.251 e. The van der Waals surface area contributed by atoms with Gasteiger partial charge in [-0.05, 0) is 38.0 Å². The first-order valence-electron chi connectivity index (χ1n) is 9.06. The normalized spacial score (nSPS) is 23.4. The van der Waals surface area contributed by atoms with E-state index in [2.05, 4.69) is 24.5 Å². The summed E-state index contributed by atoms with van der Waals surface area (Å²) in [5.74, 6) is 0.882. The molecule has 0 aromatic heterocycles. The van der Waals surface area contributed by atoms with E-state index in [1.54, 1.807) is 0 Å². The van der Waals surface area contributed by atoms with Gasteiger partial charge < -0.3 is 10.6 Å². The van der Waals surface area contributed by atoms with Gasteiger partial charge in [0, 0.05) is 32.2 Å². The average molecular weight is 330 g/mol. The molecule has 1 saturated carbocycles. The number of likely N-dealkylation sites (tertiary alicyclic amines) is 1. The number of piperidine rings is 1. The summed E-state index contributed by atoms with van der Waals surface area (Å²) >= 11 is 0. The lowest BCUT2D eigenvalue weighted by molar-refractivity contribution is 0.0744. The molecule has 2 N–H and O–H groups in total. The van der Waals surface area contributed by atoms with Crippen LogP contribution in [-0.2, 0) is 0 Å². The highest BCUT2D eigenvalue weighted by Crippen LogP contribution is 2.37. The zero-order valence-corrected chi connectivity index (χ0v) is 14.6. The number of hydrogen-bond donors (Lipinski definition) is 2. The average Bonchev–Trinajstić information content (AvgIpc) is 2.94. The van der Waals surface area contributed by atoms with Crippen molar-refractivity contribution in [1.82, 2.24) is 15.5 Å². The minimum Gasteiger partial charge on any atom is -0.357 e. The molecule has 2 aliphatic rings. The van der Waals surface area contributed by atoms with E-state index in [0.717, 1.165) is 45.0 Å². The Bertz CT molecular complexity index is 373. The minimum atomic E-state index is -2.23. The molecule has 1 heterocycles. The molecule has 0 amide bonds. The maximum atomic E-state index is 12.4. The van der Waals surface area contributed by atoms with Crippen LogP contribution in [-0.4, -0.2) is 56.1 Å². The molecule has 6 heteroatoms. The van der Waals surface area contributed by atoms with Crippen LogP contribution < -0.4 is 10.6 Å². The number of nitrogens with one attached hydrogen (secondary N) is 2. The second-order valence-electron chi connectivity index (χ2n) is 7.32. The number of alkyl halides is 2. The highest BCUT2D eigenvalue weighted by atomic mass is 19.3. The van der Waals surface area contributed by atoms with Gasteiger partial charge in [0.25, 0.3) is 6.43 Å². The van der Waals surface area contributed by atoms with Crippen molar-refractivity contribution in [2.75, 3.05) is 32.7 Å². The third-order valence-electron chi connectivity index (χ3n) is 5.10. The van der Waals surface area contributed by atoms with Gasteiger partial charge in [0.2, 0.25) is 0 Å². The fourth-order valence-corrected chi connectivity index (χ4v) is 3.63. The molecular weight excluding hydrogens is 298 g/mol. The van der Waals surface area contributed by atoms with Gasteiger partial charge in [-0.15, -0.1) is 0 Å². The first-order valence-corrected chi connectivity index (χ1v) is 9.06. The number of nitrogens with zero attached hydrogens (tertiary/aromatic N) is 2. The summed E-state index contributed by atoms with van der Waals surface area (Å²) in [6, 6.07) is 0.332. The summed E-state index contributed by atoms with van der Waals surface area (Å²) in [4.78, 5) is 6.64. The minimum absolute atomic E-state index is 0.0980. The summed E-state index contributed by atoms with van der Waals surface area (Å²) in [5.41, 5.74) is 0.350. The Labute approximate surface area is 139 Å². The molecular formula is C17H32F2N4. The summed E-state index contributed by atoms with van der Waals surface area (Å²) in [5, 5.41) is 6.82. The molecule has 134 valence electrons. The van der Waals surface area contributed by atoms with Crippen LogP contribution in [0.1, 0.15) is 52.4 Å². The highest BCUT2D eigenvalue weighted by Gasteiger charge is 2.28. The fraction of sp³-hybridized carbons (Fsp3) is 0.941. The summed E-state index contributed by atoms with van der Waals surface area (Å²) in [6.07, 6.45) is 4.73. The van der Waals surface area contributed by atoms with E-state index in [1.807, 2.05) is 4.90 Å². The van der Waals surface area contributed by atoms with Gasteiger partial charge in [-0.2, -0.15) is 0 Å².